The van der Waals surface area contributed by atoms with Crippen LogP contribution < -0.4 is 4.90 Å². The zero-order valence-electron chi connectivity index (χ0n) is 34.3. The Hall–Kier alpha value is -8.40. The van der Waals surface area contributed by atoms with Crippen LogP contribution in [0.1, 0.15) is 0 Å². The predicted molar refractivity (Wildman–Crippen MR) is 263 cm³/mol. The molecule has 2 aromatic heterocycles. The molecule has 12 aromatic rings. The summed E-state index contributed by atoms with van der Waals surface area (Å²) >= 11 is 0. The first-order valence-corrected chi connectivity index (χ1v) is 21.4. The first-order valence-electron chi connectivity index (χ1n) is 21.4. The molecule has 0 unspecified atom stereocenters. The van der Waals surface area contributed by atoms with E-state index in [2.05, 4.69) is 217 Å². The van der Waals surface area contributed by atoms with Gasteiger partial charge in [0.25, 0.3) is 0 Å². The van der Waals surface area contributed by atoms with E-state index in [0.717, 1.165) is 94.3 Å². The first-order chi connectivity index (χ1) is 31.2. The van der Waals surface area contributed by atoms with E-state index in [-0.39, 0.29) is 0 Å². The zero-order valence-corrected chi connectivity index (χ0v) is 34.3. The van der Waals surface area contributed by atoms with Gasteiger partial charge in [-0.3, -0.25) is 0 Å². The number of nitrogens with zero attached hydrogens (tertiary/aromatic N) is 1. The summed E-state index contributed by atoms with van der Waals surface area (Å²) in [4.78, 5) is 2.40. The van der Waals surface area contributed by atoms with Crippen LogP contribution in [-0.4, -0.2) is 0 Å². The second-order valence-corrected chi connectivity index (χ2v) is 16.0. The molecule has 3 heteroatoms. The number of para-hydroxylation sites is 4. The predicted octanol–water partition coefficient (Wildman–Crippen LogP) is 17.3. The second kappa shape index (κ2) is 15.3. The van der Waals surface area contributed by atoms with Crippen molar-refractivity contribution in [3.05, 3.63) is 237 Å². The minimum absolute atomic E-state index is 0.856. The van der Waals surface area contributed by atoms with E-state index in [4.69, 9.17) is 8.83 Å². The van der Waals surface area contributed by atoms with Gasteiger partial charge in [0.05, 0.1) is 5.69 Å². The van der Waals surface area contributed by atoms with E-state index in [1.54, 1.807) is 0 Å². The fourth-order valence-corrected chi connectivity index (χ4v) is 9.36. The molecule has 0 spiro atoms. The Balaban J connectivity index is 1.10. The molecule has 0 aliphatic rings. The van der Waals surface area contributed by atoms with Crippen molar-refractivity contribution in [3.8, 4) is 55.6 Å². The molecule has 0 fully saturated rings. The van der Waals surface area contributed by atoms with Crippen molar-refractivity contribution in [2.24, 2.45) is 0 Å². The summed E-state index contributed by atoms with van der Waals surface area (Å²) in [5, 5.41) is 4.38. The maximum atomic E-state index is 6.58. The normalized spacial score (nSPS) is 11.5. The van der Waals surface area contributed by atoms with Gasteiger partial charge >= 0.3 is 0 Å². The van der Waals surface area contributed by atoms with Crippen LogP contribution in [0.4, 0.5) is 17.1 Å². The molecule has 0 saturated carbocycles. The van der Waals surface area contributed by atoms with E-state index in [1.165, 1.54) is 22.3 Å². The quantitative estimate of drug-likeness (QED) is 0.153. The van der Waals surface area contributed by atoms with Crippen LogP contribution in [0.2, 0.25) is 0 Å². The third-order valence-corrected chi connectivity index (χ3v) is 12.3. The van der Waals surface area contributed by atoms with Crippen molar-refractivity contribution in [1.29, 1.82) is 0 Å². The number of rotatable bonds is 8. The van der Waals surface area contributed by atoms with Crippen LogP contribution in [0.3, 0.4) is 0 Å². The van der Waals surface area contributed by atoms with Crippen molar-refractivity contribution >= 4 is 60.9 Å². The van der Waals surface area contributed by atoms with Crippen LogP contribution in [-0.2, 0) is 0 Å². The largest absolute Gasteiger partial charge is 0.456 e. The fraction of sp³-hybridized carbons (Fsp3) is 0. The molecular weight excluding hydrogens is 767 g/mol. The monoisotopic (exact) mass is 805 g/mol. The highest BCUT2D eigenvalue weighted by Gasteiger charge is 2.23. The van der Waals surface area contributed by atoms with Gasteiger partial charge in [0.2, 0.25) is 0 Å². The molecule has 0 bridgehead atoms. The highest BCUT2D eigenvalue weighted by Crippen LogP contribution is 2.48. The lowest BCUT2D eigenvalue weighted by Gasteiger charge is -2.29. The molecule has 63 heavy (non-hydrogen) atoms. The van der Waals surface area contributed by atoms with Crippen molar-refractivity contribution in [1.82, 2.24) is 0 Å². The fourth-order valence-electron chi connectivity index (χ4n) is 9.36. The van der Waals surface area contributed by atoms with Crippen molar-refractivity contribution in [3.63, 3.8) is 0 Å². The van der Waals surface area contributed by atoms with Gasteiger partial charge in [0.1, 0.15) is 22.3 Å². The van der Waals surface area contributed by atoms with Crippen LogP contribution in [0.15, 0.2) is 245 Å². The van der Waals surface area contributed by atoms with Gasteiger partial charge in [-0.15, -0.1) is 0 Å². The number of anilines is 3. The van der Waals surface area contributed by atoms with Gasteiger partial charge in [-0.05, 0) is 99.1 Å². The summed E-state index contributed by atoms with van der Waals surface area (Å²) in [5.41, 5.74) is 18.0. The molecular formula is C60H39NO2. The molecule has 0 aliphatic heterocycles. The lowest BCUT2D eigenvalue weighted by Crippen LogP contribution is -2.11. The molecule has 0 radical (unpaired) electrons. The smallest absolute Gasteiger partial charge is 0.143 e. The topological polar surface area (TPSA) is 29.5 Å². The average molecular weight is 806 g/mol. The van der Waals surface area contributed by atoms with Gasteiger partial charge in [0.15, 0.2) is 0 Å². The molecule has 0 aliphatic carbocycles. The van der Waals surface area contributed by atoms with Gasteiger partial charge in [-0.1, -0.05) is 182 Å². The summed E-state index contributed by atoms with van der Waals surface area (Å²) in [5.74, 6) is 0. The number of hydrogen-bond donors (Lipinski definition) is 0. The van der Waals surface area contributed by atoms with Crippen LogP contribution in [0, 0.1) is 0 Å². The van der Waals surface area contributed by atoms with E-state index in [9.17, 15) is 0 Å². The molecule has 2 heterocycles. The molecule has 12 rings (SSSR count). The van der Waals surface area contributed by atoms with E-state index in [0.29, 0.717) is 0 Å². The van der Waals surface area contributed by atoms with Crippen LogP contribution >= 0.6 is 0 Å². The Morgan fingerprint density at radius 1 is 0.254 bits per heavy atom. The number of furan rings is 2. The molecule has 0 saturated heterocycles. The van der Waals surface area contributed by atoms with Crippen molar-refractivity contribution in [2.75, 3.05) is 4.90 Å². The van der Waals surface area contributed by atoms with Crippen LogP contribution in [0.25, 0.3) is 99.5 Å². The summed E-state index contributed by atoms with van der Waals surface area (Å²) in [7, 11) is 0. The first kappa shape index (κ1) is 36.5. The Kier molecular flexibility index (Phi) is 8.83. The maximum Gasteiger partial charge on any atom is 0.143 e. The lowest BCUT2D eigenvalue weighted by atomic mass is 9.86. The number of fused-ring (bicyclic) bond motifs is 6. The zero-order chi connectivity index (χ0) is 41.7. The Morgan fingerprint density at radius 3 is 1.62 bits per heavy atom. The summed E-state index contributed by atoms with van der Waals surface area (Å²) in [6.45, 7) is 0. The van der Waals surface area contributed by atoms with Gasteiger partial charge < -0.3 is 13.7 Å². The molecule has 0 N–H and O–H groups in total. The van der Waals surface area contributed by atoms with Crippen molar-refractivity contribution < 1.29 is 8.83 Å². The van der Waals surface area contributed by atoms with E-state index in [1.807, 2.05) is 24.3 Å². The van der Waals surface area contributed by atoms with Crippen molar-refractivity contribution in [2.45, 2.75) is 0 Å². The van der Waals surface area contributed by atoms with Gasteiger partial charge in [-0.25, -0.2) is 0 Å². The third kappa shape index (κ3) is 6.38. The summed E-state index contributed by atoms with van der Waals surface area (Å²) in [6, 6.07) is 84.3. The highest BCUT2D eigenvalue weighted by molar-refractivity contribution is 6.10. The van der Waals surface area contributed by atoms with Gasteiger partial charge in [0, 0.05) is 44.0 Å². The highest BCUT2D eigenvalue weighted by atomic mass is 16.3. The van der Waals surface area contributed by atoms with Gasteiger partial charge in [-0.2, -0.15) is 0 Å². The molecule has 0 atom stereocenters. The Morgan fingerprint density at radius 2 is 0.810 bits per heavy atom. The average Bonchev–Trinajstić information content (AvgIpc) is 3.93. The molecule has 10 aromatic carbocycles. The number of hydrogen-bond acceptors (Lipinski definition) is 3. The SMILES string of the molecule is c1ccc(-c2ccc(-c3ccccc3N(c3cccc(-c4cccc5c4oc4ccccc45)c3)c3ccc4oc5ccccc5c4c3)c(-c3ccccc3-c3ccccc3)c2)cc1. The second-order valence-electron chi connectivity index (χ2n) is 16.0. The molecule has 0 amide bonds. The minimum Gasteiger partial charge on any atom is -0.456 e. The van der Waals surface area contributed by atoms with E-state index < -0.39 is 0 Å². The molecule has 3 nitrogen and oxygen atoms in total. The molecule has 296 valence electrons. The number of benzene rings is 10. The lowest BCUT2D eigenvalue weighted by molar-refractivity contribution is 0.669. The standard InChI is InChI=1S/C60H39NO2/c1-3-17-40(18-4-1)42-33-35-49(54(38-42)48-24-8-7-23-46(48)41-19-5-2-6-20-41)50-25-9-12-30-56(50)61(45-34-36-59-55(39-45)52-27-11-13-31-57(52)62-59)44-22-15-21-43(37-44)47-28-16-29-53-51-26-10-14-32-58(51)63-60(47)53/h1-39H. The van der Waals surface area contributed by atoms with E-state index >= 15 is 0 Å². The summed E-state index contributed by atoms with van der Waals surface area (Å²) < 4.78 is 12.9. The Bertz CT molecular complexity index is 3640. The van der Waals surface area contributed by atoms with Crippen LogP contribution in [0.5, 0.6) is 0 Å². The third-order valence-electron chi connectivity index (χ3n) is 12.3. The summed E-state index contributed by atoms with van der Waals surface area (Å²) in [6.07, 6.45) is 0. The Labute approximate surface area is 365 Å². The maximum absolute atomic E-state index is 6.58. The minimum atomic E-state index is 0.856.